The molecular formula is C28H28BrN5OS. The lowest BCUT2D eigenvalue weighted by Crippen LogP contribution is -2.48. The molecular weight excluding hydrogens is 534 g/mol. The van der Waals surface area contributed by atoms with Crippen molar-refractivity contribution in [2.24, 2.45) is 0 Å². The largest absolute Gasteiger partial charge is 0.340 e. The van der Waals surface area contributed by atoms with E-state index < -0.39 is 5.54 Å². The molecule has 184 valence electrons. The molecule has 0 aliphatic carbocycles. The van der Waals surface area contributed by atoms with Crippen LogP contribution in [0.1, 0.15) is 34.7 Å². The number of amides is 1. The SMILES string of the molecule is Cc1nc(CN2CCN(C(=O)CCC3(c4ccc(Br)cc4)c4ccccc4-c4nccn43)CC2)cs1. The normalized spacial score (nSPS) is 19.3. The number of hydrogen-bond acceptors (Lipinski definition) is 5. The maximum absolute atomic E-state index is 13.5. The summed E-state index contributed by atoms with van der Waals surface area (Å²) in [6, 6.07) is 17.0. The Morgan fingerprint density at radius 2 is 1.86 bits per heavy atom. The van der Waals surface area contributed by atoms with E-state index in [9.17, 15) is 4.79 Å². The first-order chi connectivity index (χ1) is 17.5. The van der Waals surface area contributed by atoms with Crippen LogP contribution in [0.25, 0.3) is 11.4 Å². The number of carbonyl (C=O) groups is 1. The monoisotopic (exact) mass is 561 g/mol. The number of benzene rings is 2. The fourth-order valence-electron chi connectivity index (χ4n) is 5.71. The Bertz CT molecular complexity index is 1390. The molecule has 2 aliphatic rings. The van der Waals surface area contributed by atoms with Gasteiger partial charge in [-0.15, -0.1) is 11.3 Å². The number of nitrogens with zero attached hydrogens (tertiary/aromatic N) is 5. The first-order valence-electron chi connectivity index (χ1n) is 12.4. The van der Waals surface area contributed by atoms with Crippen molar-refractivity contribution in [1.82, 2.24) is 24.3 Å². The highest BCUT2D eigenvalue weighted by atomic mass is 79.9. The van der Waals surface area contributed by atoms with Gasteiger partial charge in [0.25, 0.3) is 0 Å². The number of rotatable bonds is 6. The van der Waals surface area contributed by atoms with Gasteiger partial charge in [-0.3, -0.25) is 9.69 Å². The van der Waals surface area contributed by atoms with Crippen molar-refractivity contribution in [3.8, 4) is 11.4 Å². The van der Waals surface area contributed by atoms with Gasteiger partial charge in [-0.25, -0.2) is 9.97 Å². The number of halogens is 1. The zero-order valence-corrected chi connectivity index (χ0v) is 22.6. The minimum absolute atomic E-state index is 0.224. The molecule has 0 spiro atoms. The van der Waals surface area contributed by atoms with Gasteiger partial charge in [0, 0.05) is 67.0 Å². The molecule has 1 fully saturated rings. The van der Waals surface area contributed by atoms with Crippen LogP contribution in [0.3, 0.4) is 0 Å². The Balaban J connectivity index is 1.22. The summed E-state index contributed by atoms with van der Waals surface area (Å²) in [7, 11) is 0. The zero-order chi connectivity index (χ0) is 24.7. The van der Waals surface area contributed by atoms with E-state index in [1.54, 1.807) is 11.3 Å². The van der Waals surface area contributed by atoms with Gasteiger partial charge in [-0.1, -0.05) is 52.3 Å². The van der Waals surface area contributed by atoms with Crippen LogP contribution in [0.2, 0.25) is 0 Å². The Morgan fingerprint density at radius 3 is 2.61 bits per heavy atom. The van der Waals surface area contributed by atoms with E-state index >= 15 is 0 Å². The molecule has 0 saturated carbocycles. The highest BCUT2D eigenvalue weighted by molar-refractivity contribution is 9.10. The minimum Gasteiger partial charge on any atom is -0.340 e. The number of hydrogen-bond donors (Lipinski definition) is 0. The molecule has 36 heavy (non-hydrogen) atoms. The minimum atomic E-state index is -0.455. The molecule has 6 rings (SSSR count). The average molecular weight is 563 g/mol. The summed E-state index contributed by atoms with van der Waals surface area (Å²) in [5.41, 5.74) is 4.20. The number of aromatic nitrogens is 3. The van der Waals surface area contributed by atoms with Crippen LogP contribution in [0.4, 0.5) is 0 Å². The zero-order valence-electron chi connectivity index (χ0n) is 20.2. The molecule has 4 heterocycles. The third-order valence-electron chi connectivity index (χ3n) is 7.47. The average Bonchev–Trinajstić information content (AvgIpc) is 3.60. The third-order valence-corrected chi connectivity index (χ3v) is 8.82. The van der Waals surface area contributed by atoms with Crippen LogP contribution < -0.4 is 0 Å². The highest BCUT2D eigenvalue weighted by Gasteiger charge is 2.45. The highest BCUT2D eigenvalue weighted by Crippen LogP contribution is 2.49. The predicted octanol–water partition coefficient (Wildman–Crippen LogP) is 5.31. The summed E-state index contributed by atoms with van der Waals surface area (Å²) < 4.78 is 3.31. The van der Waals surface area contributed by atoms with E-state index in [1.807, 2.05) is 18.0 Å². The Labute approximate surface area is 223 Å². The second-order valence-corrected chi connectivity index (χ2v) is 11.5. The smallest absolute Gasteiger partial charge is 0.222 e. The topological polar surface area (TPSA) is 54.3 Å². The second kappa shape index (κ2) is 9.57. The van der Waals surface area contributed by atoms with Gasteiger partial charge in [-0.05, 0) is 36.6 Å². The third kappa shape index (κ3) is 4.11. The predicted molar refractivity (Wildman–Crippen MR) is 146 cm³/mol. The number of fused-ring (bicyclic) bond motifs is 3. The standard InChI is InChI=1S/C28H28BrN5OS/c1-20-31-23(19-36-20)18-32-14-16-33(17-15-32)26(35)10-11-28(21-6-8-22(29)9-7-21)25-5-3-2-4-24(25)27-30-12-13-34(27)28/h2-9,12-13,19H,10-11,14-18H2,1H3. The fourth-order valence-corrected chi connectivity index (χ4v) is 6.58. The van der Waals surface area contributed by atoms with Crippen LogP contribution in [0.5, 0.6) is 0 Å². The van der Waals surface area contributed by atoms with Crippen LogP contribution in [-0.2, 0) is 16.9 Å². The molecule has 1 unspecified atom stereocenters. The molecule has 1 saturated heterocycles. The first-order valence-corrected chi connectivity index (χ1v) is 14.0. The maximum Gasteiger partial charge on any atom is 0.222 e. The summed E-state index contributed by atoms with van der Waals surface area (Å²) in [5, 5.41) is 3.24. The van der Waals surface area contributed by atoms with E-state index in [0.717, 1.165) is 59.3 Å². The van der Waals surface area contributed by atoms with E-state index in [2.05, 4.69) is 95.5 Å². The summed E-state index contributed by atoms with van der Waals surface area (Å²) >= 11 is 5.28. The molecule has 8 heteroatoms. The van der Waals surface area contributed by atoms with Crippen molar-refractivity contribution >= 4 is 33.2 Å². The number of carbonyl (C=O) groups excluding carboxylic acids is 1. The molecule has 1 atom stereocenters. The van der Waals surface area contributed by atoms with Gasteiger partial charge in [0.2, 0.25) is 5.91 Å². The molecule has 2 aromatic carbocycles. The summed E-state index contributed by atoms with van der Waals surface area (Å²) in [6.07, 6.45) is 5.09. The first kappa shape index (κ1) is 23.6. The van der Waals surface area contributed by atoms with Crippen molar-refractivity contribution in [1.29, 1.82) is 0 Å². The van der Waals surface area contributed by atoms with Crippen LogP contribution in [0, 0.1) is 6.92 Å². The van der Waals surface area contributed by atoms with Crippen LogP contribution >= 0.6 is 27.3 Å². The lowest BCUT2D eigenvalue weighted by Gasteiger charge is -2.37. The lowest BCUT2D eigenvalue weighted by molar-refractivity contribution is -0.133. The van der Waals surface area contributed by atoms with Crippen LogP contribution in [-0.4, -0.2) is 56.4 Å². The molecule has 0 bridgehead atoms. The number of thiazole rings is 1. The molecule has 0 radical (unpaired) electrons. The Morgan fingerprint density at radius 1 is 1.08 bits per heavy atom. The van der Waals surface area contributed by atoms with Crippen molar-refractivity contribution < 1.29 is 4.79 Å². The Kier molecular flexibility index (Phi) is 6.27. The van der Waals surface area contributed by atoms with Crippen molar-refractivity contribution in [2.75, 3.05) is 26.2 Å². The lowest BCUT2D eigenvalue weighted by atomic mass is 9.79. The molecule has 6 nitrogen and oxygen atoms in total. The van der Waals surface area contributed by atoms with Crippen LogP contribution in [0.15, 0.2) is 70.8 Å². The number of aryl methyl sites for hydroxylation is 1. The van der Waals surface area contributed by atoms with E-state index in [0.29, 0.717) is 12.8 Å². The van der Waals surface area contributed by atoms with E-state index in [1.165, 1.54) is 11.1 Å². The van der Waals surface area contributed by atoms with Gasteiger partial charge in [0.15, 0.2) is 0 Å². The molecule has 2 aliphatic heterocycles. The molecule has 1 amide bonds. The van der Waals surface area contributed by atoms with Crippen molar-refractivity contribution in [3.05, 3.63) is 92.6 Å². The quantitative estimate of drug-likeness (QED) is 0.320. The molecule has 2 aromatic heterocycles. The van der Waals surface area contributed by atoms with E-state index in [4.69, 9.17) is 0 Å². The van der Waals surface area contributed by atoms with Crippen molar-refractivity contribution in [2.45, 2.75) is 31.8 Å². The van der Waals surface area contributed by atoms with Gasteiger partial charge in [0.1, 0.15) is 5.82 Å². The summed E-state index contributed by atoms with van der Waals surface area (Å²) in [5.74, 6) is 1.19. The van der Waals surface area contributed by atoms with Gasteiger partial charge in [0.05, 0.1) is 16.2 Å². The van der Waals surface area contributed by atoms with Gasteiger partial charge in [-0.2, -0.15) is 0 Å². The number of piperazine rings is 1. The Hall–Kier alpha value is -2.81. The van der Waals surface area contributed by atoms with Gasteiger partial charge < -0.3 is 9.47 Å². The second-order valence-electron chi connectivity index (χ2n) is 9.55. The maximum atomic E-state index is 13.5. The van der Waals surface area contributed by atoms with Gasteiger partial charge >= 0.3 is 0 Å². The summed E-state index contributed by atoms with van der Waals surface area (Å²) in [6.45, 7) is 6.20. The molecule has 4 aromatic rings. The molecule has 0 N–H and O–H groups in total. The summed E-state index contributed by atoms with van der Waals surface area (Å²) in [4.78, 5) is 27.2. The number of imidazole rings is 1. The fraction of sp³-hybridized carbons (Fsp3) is 0.321. The van der Waals surface area contributed by atoms with Crippen molar-refractivity contribution in [3.63, 3.8) is 0 Å². The van der Waals surface area contributed by atoms with E-state index in [-0.39, 0.29) is 5.91 Å².